The lowest BCUT2D eigenvalue weighted by Crippen LogP contribution is -2.49. The van der Waals surface area contributed by atoms with Crippen molar-refractivity contribution in [3.05, 3.63) is 41.6 Å². The minimum atomic E-state index is -0.330. The van der Waals surface area contributed by atoms with E-state index in [0.29, 0.717) is 36.4 Å². The molecule has 0 spiro atoms. The highest BCUT2D eigenvalue weighted by atomic mass is 16.6. The fraction of sp³-hybridized carbons (Fsp3) is 0.583. The van der Waals surface area contributed by atoms with Crippen LogP contribution in [0.15, 0.2) is 35.0 Å². The molecule has 8 heteroatoms. The maximum atomic E-state index is 13.7. The maximum Gasteiger partial charge on any atom is 0.239 e. The number of piperidine rings is 1. The number of rotatable bonds is 6. The smallest absolute Gasteiger partial charge is 0.239 e. The Kier molecular flexibility index (Phi) is 6.89. The van der Waals surface area contributed by atoms with Crippen molar-refractivity contribution in [1.29, 1.82) is 0 Å². The third-order valence-electron chi connectivity index (χ3n) is 7.13. The summed E-state index contributed by atoms with van der Waals surface area (Å²) < 4.78 is 4.63. The highest BCUT2D eigenvalue weighted by Gasteiger charge is 2.45. The van der Waals surface area contributed by atoms with Gasteiger partial charge in [0.2, 0.25) is 11.8 Å². The first-order chi connectivity index (χ1) is 15.5. The first-order valence-electron chi connectivity index (χ1n) is 11.6. The topological polar surface area (TPSA) is 91.6 Å². The van der Waals surface area contributed by atoms with E-state index in [2.05, 4.69) is 49.1 Å². The van der Waals surface area contributed by atoms with E-state index in [0.717, 1.165) is 51.7 Å². The molecule has 172 valence electrons. The van der Waals surface area contributed by atoms with Gasteiger partial charge in [0, 0.05) is 18.5 Å². The molecule has 1 aromatic heterocycles. The first kappa shape index (κ1) is 22.5. The number of anilines is 1. The van der Waals surface area contributed by atoms with Crippen molar-refractivity contribution >= 4 is 17.6 Å². The van der Waals surface area contributed by atoms with Crippen LogP contribution in [0.5, 0.6) is 0 Å². The van der Waals surface area contributed by atoms with Gasteiger partial charge in [-0.2, -0.15) is 0 Å². The monoisotopic (exact) mass is 439 g/mol. The Morgan fingerprint density at radius 1 is 1.16 bits per heavy atom. The number of hydrogen-bond donors (Lipinski definition) is 1. The average molecular weight is 440 g/mol. The molecule has 0 unspecified atom stereocenters. The molecule has 2 saturated heterocycles. The van der Waals surface area contributed by atoms with Crippen LogP contribution in [0.25, 0.3) is 0 Å². The predicted octanol–water partition coefficient (Wildman–Crippen LogP) is 3.25. The molecular weight excluding hydrogens is 406 g/mol. The lowest BCUT2D eigenvalue weighted by Gasteiger charge is -2.42. The number of likely N-dealkylation sites (tertiary alicyclic amines) is 2. The fourth-order valence-electron chi connectivity index (χ4n) is 5.15. The van der Waals surface area contributed by atoms with Crippen molar-refractivity contribution in [3.8, 4) is 0 Å². The predicted molar refractivity (Wildman–Crippen MR) is 121 cm³/mol. The summed E-state index contributed by atoms with van der Waals surface area (Å²) in [5, 5.41) is 10.1. The second kappa shape index (κ2) is 9.81. The van der Waals surface area contributed by atoms with Gasteiger partial charge < -0.3 is 10.2 Å². The number of hydrogen-bond acceptors (Lipinski definition) is 6. The van der Waals surface area contributed by atoms with Gasteiger partial charge in [-0.1, -0.05) is 48.8 Å². The van der Waals surface area contributed by atoms with Gasteiger partial charge in [-0.25, -0.2) is 4.63 Å². The molecule has 1 aromatic carbocycles. The van der Waals surface area contributed by atoms with E-state index in [1.165, 1.54) is 5.56 Å². The average Bonchev–Trinajstić information content (AvgIpc) is 3.14. The number of carbonyl (C=O) groups is 2. The zero-order chi connectivity index (χ0) is 22.6. The van der Waals surface area contributed by atoms with Crippen LogP contribution >= 0.6 is 0 Å². The second-order valence-corrected chi connectivity index (χ2v) is 9.38. The molecular formula is C24H33N5O3. The zero-order valence-corrected chi connectivity index (χ0v) is 19.0. The Balaban J connectivity index is 1.34. The lowest BCUT2D eigenvalue weighted by atomic mass is 9.69. The Hall–Kier alpha value is -2.74. The van der Waals surface area contributed by atoms with E-state index in [-0.39, 0.29) is 11.3 Å². The summed E-state index contributed by atoms with van der Waals surface area (Å²) in [7, 11) is 0. The summed E-state index contributed by atoms with van der Waals surface area (Å²) in [6.45, 7) is 7.37. The van der Waals surface area contributed by atoms with Crippen LogP contribution in [-0.4, -0.2) is 58.1 Å². The van der Waals surface area contributed by atoms with Crippen LogP contribution in [0.3, 0.4) is 0 Å². The molecule has 2 aliphatic rings. The van der Waals surface area contributed by atoms with E-state index in [1.807, 2.05) is 18.2 Å². The largest absolute Gasteiger partial charge is 0.338 e. The fourth-order valence-corrected chi connectivity index (χ4v) is 5.15. The number of carbonyl (C=O) groups excluding carboxylic acids is 2. The minimum Gasteiger partial charge on any atom is -0.338 e. The van der Waals surface area contributed by atoms with Gasteiger partial charge in [0.15, 0.2) is 5.82 Å². The van der Waals surface area contributed by atoms with E-state index >= 15 is 0 Å². The molecule has 0 aliphatic carbocycles. The van der Waals surface area contributed by atoms with Crippen LogP contribution in [-0.2, 0) is 16.1 Å². The van der Waals surface area contributed by atoms with Gasteiger partial charge in [-0.05, 0) is 62.3 Å². The minimum absolute atomic E-state index is 0.118. The number of nitrogens with one attached hydrogen (secondary N) is 1. The van der Waals surface area contributed by atoms with Crippen molar-refractivity contribution in [2.75, 3.05) is 31.5 Å². The number of aryl methyl sites for hydroxylation is 1. The van der Waals surface area contributed by atoms with E-state index < -0.39 is 0 Å². The highest BCUT2D eigenvalue weighted by Crippen LogP contribution is 2.43. The summed E-state index contributed by atoms with van der Waals surface area (Å²) in [5.41, 5.74) is 1.42. The Labute approximate surface area is 189 Å². The van der Waals surface area contributed by atoms with Gasteiger partial charge in [0.1, 0.15) is 5.69 Å². The number of aromatic nitrogens is 2. The maximum absolute atomic E-state index is 13.7. The molecule has 2 aromatic rings. The summed E-state index contributed by atoms with van der Waals surface area (Å²) in [4.78, 5) is 30.3. The van der Waals surface area contributed by atoms with Crippen molar-refractivity contribution < 1.29 is 14.2 Å². The highest BCUT2D eigenvalue weighted by molar-refractivity contribution is 5.91. The molecule has 2 aliphatic heterocycles. The number of benzene rings is 1. The Morgan fingerprint density at radius 2 is 1.91 bits per heavy atom. The molecule has 3 heterocycles. The Bertz CT molecular complexity index is 923. The molecule has 0 bridgehead atoms. The van der Waals surface area contributed by atoms with Crippen molar-refractivity contribution in [2.24, 2.45) is 11.3 Å². The van der Waals surface area contributed by atoms with Gasteiger partial charge in [0.25, 0.3) is 0 Å². The van der Waals surface area contributed by atoms with Crippen molar-refractivity contribution in [2.45, 2.75) is 52.5 Å². The summed E-state index contributed by atoms with van der Waals surface area (Å²) in [6, 6.07) is 10.3. The van der Waals surface area contributed by atoms with Crippen molar-refractivity contribution in [3.63, 3.8) is 0 Å². The SMILES string of the molecule is Cc1nonc1NC(=O)CN1CCC([C@]2(C)CCCCN(Cc3ccccc3)C2=O)CC1. The molecule has 2 amide bonds. The molecule has 2 fully saturated rings. The zero-order valence-electron chi connectivity index (χ0n) is 19.0. The van der Waals surface area contributed by atoms with Crippen LogP contribution < -0.4 is 5.32 Å². The van der Waals surface area contributed by atoms with Crippen LogP contribution in [0.4, 0.5) is 5.82 Å². The lowest BCUT2D eigenvalue weighted by molar-refractivity contribution is -0.146. The van der Waals surface area contributed by atoms with Gasteiger partial charge >= 0.3 is 0 Å². The van der Waals surface area contributed by atoms with E-state index in [4.69, 9.17) is 0 Å². The van der Waals surface area contributed by atoms with E-state index in [9.17, 15) is 9.59 Å². The quantitative estimate of drug-likeness (QED) is 0.743. The van der Waals surface area contributed by atoms with Gasteiger partial charge in [0.05, 0.1) is 6.54 Å². The molecule has 1 N–H and O–H groups in total. The third kappa shape index (κ3) is 5.01. The second-order valence-electron chi connectivity index (χ2n) is 9.38. The molecule has 8 nitrogen and oxygen atoms in total. The summed E-state index contributed by atoms with van der Waals surface area (Å²) >= 11 is 0. The number of amides is 2. The summed E-state index contributed by atoms with van der Waals surface area (Å²) in [6.07, 6.45) is 4.95. The van der Waals surface area contributed by atoms with Crippen LogP contribution in [0.1, 0.15) is 50.3 Å². The van der Waals surface area contributed by atoms with Crippen LogP contribution in [0.2, 0.25) is 0 Å². The first-order valence-corrected chi connectivity index (χ1v) is 11.6. The van der Waals surface area contributed by atoms with Crippen LogP contribution in [0, 0.1) is 18.3 Å². The normalized spacial score (nSPS) is 23.2. The summed E-state index contributed by atoms with van der Waals surface area (Å²) in [5.74, 6) is 0.893. The van der Waals surface area contributed by atoms with E-state index in [1.54, 1.807) is 6.92 Å². The number of nitrogens with zero attached hydrogens (tertiary/aromatic N) is 4. The standard InChI is InChI=1S/C24H33N5O3/c1-18-22(27-32-26-18)25-21(30)17-28-14-10-20(11-15-28)24(2)12-6-7-13-29(23(24)31)16-19-8-4-3-5-9-19/h3-5,8-9,20H,6-7,10-17H2,1-2H3,(H,25,27,30)/t24-/m0/s1. The third-order valence-corrected chi connectivity index (χ3v) is 7.13. The molecule has 0 saturated carbocycles. The van der Waals surface area contributed by atoms with Gasteiger partial charge in [-0.15, -0.1) is 0 Å². The Morgan fingerprint density at radius 3 is 2.59 bits per heavy atom. The molecule has 4 rings (SSSR count). The molecule has 32 heavy (non-hydrogen) atoms. The van der Waals surface area contributed by atoms with Crippen molar-refractivity contribution in [1.82, 2.24) is 20.1 Å². The molecule has 0 radical (unpaired) electrons. The van der Waals surface area contributed by atoms with Gasteiger partial charge in [-0.3, -0.25) is 14.5 Å². The molecule has 1 atom stereocenters.